The highest BCUT2D eigenvalue weighted by atomic mass is 32.2. The van der Waals surface area contributed by atoms with Crippen molar-refractivity contribution in [1.29, 1.82) is 0 Å². The van der Waals surface area contributed by atoms with Crippen molar-refractivity contribution >= 4 is 27.3 Å². The van der Waals surface area contributed by atoms with Crippen LogP contribution in [0.5, 0.6) is 0 Å². The predicted octanol–water partition coefficient (Wildman–Crippen LogP) is 1.00. The van der Waals surface area contributed by atoms with Gasteiger partial charge in [0.15, 0.2) is 0 Å². The van der Waals surface area contributed by atoms with Crippen molar-refractivity contribution in [3.8, 4) is 0 Å². The van der Waals surface area contributed by atoms with Crippen molar-refractivity contribution in [2.75, 3.05) is 11.9 Å². The summed E-state index contributed by atoms with van der Waals surface area (Å²) in [6, 6.07) is 12.3. The van der Waals surface area contributed by atoms with E-state index in [4.69, 9.17) is 0 Å². The molecule has 0 saturated carbocycles. The summed E-state index contributed by atoms with van der Waals surface area (Å²) in [7, 11) is -1.69. The molecule has 1 heterocycles. The lowest BCUT2D eigenvalue weighted by Gasteiger charge is -2.15. The van der Waals surface area contributed by atoms with Crippen molar-refractivity contribution in [2.45, 2.75) is 4.90 Å². The Morgan fingerprint density at radius 1 is 1.10 bits per heavy atom. The number of hydrogen-bond acceptors (Lipinski definition) is 7. The molecule has 0 radical (unpaired) electrons. The zero-order chi connectivity index (χ0) is 21.3. The van der Waals surface area contributed by atoms with E-state index in [0.717, 1.165) is 9.70 Å². The van der Waals surface area contributed by atoms with Crippen LogP contribution in [-0.2, 0) is 17.1 Å². The molecule has 0 aliphatic carbocycles. The quantitative estimate of drug-likeness (QED) is 0.446. The second-order valence-electron chi connectivity index (χ2n) is 5.94. The molecular formula is C17H15N5O6S. The van der Waals surface area contributed by atoms with Crippen LogP contribution in [-0.4, -0.2) is 40.3 Å². The summed E-state index contributed by atoms with van der Waals surface area (Å²) in [5.74, 6) is -0.860. The van der Waals surface area contributed by atoms with E-state index in [1.54, 1.807) is 6.07 Å². The first-order chi connectivity index (χ1) is 13.6. The van der Waals surface area contributed by atoms with Crippen molar-refractivity contribution in [1.82, 2.24) is 14.0 Å². The number of anilines is 1. The number of nitro groups is 1. The summed E-state index contributed by atoms with van der Waals surface area (Å²) < 4.78 is 25.9. The number of carbonyl (C=O) groups excluding carboxylic acids is 1. The van der Waals surface area contributed by atoms with Crippen LogP contribution < -0.4 is 10.5 Å². The van der Waals surface area contributed by atoms with Crippen LogP contribution in [0.2, 0.25) is 0 Å². The summed E-state index contributed by atoms with van der Waals surface area (Å²) >= 11 is 0. The smallest absolute Gasteiger partial charge is 0.310 e. The number of aromatic nitrogens is 3. The fourth-order valence-corrected chi connectivity index (χ4v) is 3.97. The molecule has 3 rings (SSSR count). The van der Waals surface area contributed by atoms with E-state index in [1.807, 2.05) is 0 Å². The lowest BCUT2D eigenvalue weighted by atomic mass is 10.2. The van der Waals surface area contributed by atoms with E-state index in [1.165, 1.54) is 62.6 Å². The Morgan fingerprint density at radius 2 is 1.69 bits per heavy atom. The van der Waals surface area contributed by atoms with E-state index in [0.29, 0.717) is 4.09 Å². The lowest BCUT2D eigenvalue weighted by Crippen LogP contribution is -2.34. The Labute approximate surface area is 164 Å². The first-order valence-electron chi connectivity index (χ1n) is 8.14. The molecule has 29 heavy (non-hydrogen) atoms. The number of hydrogen-bond donors (Lipinski definition) is 0. The first kappa shape index (κ1) is 19.9. The van der Waals surface area contributed by atoms with Gasteiger partial charge in [0.25, 0.3) is 21.6 Å². The molecule has 0 fully saturated rings. The Morgan fingerprint density at radius 3 is 2.24 bits per heavy atom. The fraction of sp³-hybridized carbons (Fsp3) is 0.118. The van der Waals surface area contributed by atoms with Gasteiger partial charge in [-0.3, -0.25) is 19.7 Å². The Hall–Kier alpha value is -3.80. The minimum atomic E-state index is -4.26. The number of rotatable bonds is 5. The van der Waals surface area contributed by atoms with Gasteiger partial charge in [-0.25, -0.2) is 0 Å². The molecule has 2 aromatic carbocycles. The van der Waals surface area contributed by atoms with E-state index in [2.05, 4.69) is 5.10 Å². The molecule has 0 unspecified atom stereocenters. The zero-order valence-corrected chi connectivity index (χ0v) is 16.1. The maximum Gasteiger partial charge on any atom is 0.314 e. The third kappa shape index (κ3) is 3.52. The van der Waals surface area contributed by atoms with Crippen molar-refractivity contribution in [3.63, 3.8) is 0 Å². The van der Waals surface area contributed by atoms with Crippen LogP contribution in [0, 0.1) is 10.1 Å². The van der Waals surface area contributed by atoms with Crippen LogP contribution in [0.25, 0.3) is 0 Å². The van der Waals surface area contributed by atoms with Gasteiger partial charge in [0, 0.05) is 31.9 Å². The number of non-ortho nitro benzene ring substituents is 1. The maximum absolute atomic E-state index is 12.8. The standard InChI is InChI=1S/C17H15N5O6S/c1-19(12-8-10-13(11-9-12)22(25)26)16(23)15-17(24)21(20(2)18-15)29(27,28)14-6-4-3-5-7-14/h3-11H,1-2H3. The molecule has 1 aromatic heterocycles. The highest BCUT2D eigenvalue weighted by Gasteiger charge is 2.29. The summed E-state index contributed by atoms with van der Waals surface area (Å²) in [4.78, 5) is 37.3. The number of nitrogens with zero attached hydrogens (tertiary/aromatic N) is 5. The van der Waals surface area contributed by atoms with E-state index < -0.39 is 32.1 Å². The van der Waals surface area contributed by atoms with Crippen LogP contribution in [0.4, 0.5) is 11.4 Å². The maximum atomic E-state index is 12.8. The van der Waals surface area contributed by atoms with Gasteiger partial charge in [-0.1, -0.05) is 18.2 Å². The van der Waals surface area contributed by atoms with E-state index >= 15 is 0 Å². The van der Waals surface area contributed by atoms with Crippen molar-refractivity contribution in [3.05, 3.63) is 80.8 Å². The Kier molecular flexibility index (Phi) is 5.03. The molecule has 0 N–H and O–H groups in total. The molecule has 150 valence electrons. The monoisotopic (exact) mass is 417 g/mol. The molecule has 11 nitrogen and oxygen atoms in total. The summed E-state index contributed by atoms with van der Waals surface area (Å²) in [6.07, 6.45) is 0. The van der Waals surface area contributed by atoms with Crippen molar-refractivity contribution < 1.29 is 18.1 Å². The van der Waals surface area contributed by atoms with Gasteiger partial charge in [0.1, 0.15) is 0 Å². The summed E-state index contributed by atoms with van der Waals surface area (Å²) in [5.41, 5.74) is -1.60. The van der Waals surface area contributed by atoms with Gasteiger partial charge in [0.05, 0.1) is 9.82 Å². The van der Waals surface area contributed by atoms with Gasteiger partial charge < -0.3 is 4.90 Å². The molecule has 0 saturated heterocycles. The minimum Gasteiger partial charge on any atom is -0.310 e. The average molecular weight is 417 g/mol. The molecule has 12 heteroatoms. The van der Waals surface area contributed by atoms with Crippen LogP contribution >= 0.6 is 0 Å². The molecular weight excluding hydrogens is 402 g/mol. The van der Waals surface area contributed by atoms with Crippen LogP contribution in [0.15, 0.2) is 64.3 Å². The van der Waals surface area contributed by atoms with Crippen LogP contribution in [0.3, 0.4) is 0 Å². The van der Waals surface area contributed by atoms with E-state index in [9.17, 15) is 28.1 Å². The van der Waals surface area contributed by atoms with Gasteiger partial charge in [0.2, 0.25) is 5.69 Å². The SMILES string of the molecule is CN(C(=O)c1nn(C)n(S(=O)(=O)c2ccccc2)c1=O)c1ccc([N+](=O)[O-])cc1. The van der Waals surface area contributed by atoms with Crippen molar-refractivity contribution in [2.24, 2.45) is 7.05 Å². The number of carbonyl (C=O) groups is 1. The normalized spacial score (nSPS) is 11.2. The molecule has 0 spiro atoms. The number of benzene rings is 2. The fourth-order valence-electron chi connectivity index (χ4n) is 2.62. The van der Waals surface area contributed by atoms with Gasteiger partial charge >= 0.3 is 5.56 Å². The number of aryl methyl sites for hydroxylation is 1. The molecule has 0 aliphatic heterocycles. The second kappa shape index (κ2) is 7.31. The third-order valence-electron chi connectivity index (χ3n) is 4.11. The second-order valence-corrected chi connectivity index (χ2v) is 7.71. The highest BCUT2D eigenvalue weighted by Crippen LogP contribution is 2.19. The first-order valence-corrected chi connectivity index (χ1v) is 9.58. The predicted molar refractivity (Wildman–Crippen MR) is 102 cm³/mol. The zero-order valence-electron chi connectivity index (χ0n) is 15.3. The molecule has 0 bridgehead atoms. The average Bonchev–Trinajstić information content (AvgIpc) is 3.02. The number of amides is 1. The minimum absolute atomic E-state index is 0.132. The van der Waals surface area contributed by atoms with Gasteiger partial charge in [-0.05, 0) is 24.3 Å². The molecule has 3 aromatic rings. The molecule has 0 aliphatic rings. The summed E-state index contributed by atoms with van der Waals surface area (Å²) in [5, 5.41) is 14.5. The molecule has 0 atom stereocenters. The Balaban J connectivity index is 2.00. The Bertz CT molecular complexity index is 1250. The lowest BCUT2D eigenvalue weighted by molar-refractivity contribution is -0.384. The molecule has 1 amide bonds. The topological polar surface area (TPSA) is 137 Å². The number of nitro benzene ring substituents is 1. The van der Waals surface area contributed by atoms with Gasteiger partial charge in [-0.2, -0.15) is 13.2 Å². The van der Waals surface area contributed by atoms with Crippen LogP contribution in [0.1, 0.15) is 10.5 Å². The highest BCUT2D eigenvalue weighted by molar-refractivity contribution is 7.89. The largest absolute Gasteiger partial charge is 0.314 e. The summed E-state index contributed by atoms with van der Waals surface area (Å²) in [6.45, 7) is 0. The van der Waals surface area contributed by atoms with E-state index in [-0.39, 0.29) is 16.3 Å². The van der Waals surface area contributed by atoms with Gasteiger partial charge in [-0.15, -0.1) is 9.19 Å². The third-order valence-corrected chi connectivity index (χ3v) is 5.83.